The molecule has 31 heavy (non-hydrogen) atoms. The Kier molecular flexibility index (Phi) is 8.59. The van der Waals surface area contributed by atoms with Crippen molar-refractivity contribution in [2.45, 2.75) is 38.7 Å². The van der Waals surface area contributed by atoms with Crippen LogP contribution in [0.15, 0.2) is 42.5 Å². The van der Waals surface area contributed by atoms with Crippen LogP contribution in [-0.4, -0.2) is 43.5 Å². The number of hydrogen-bond acceptors (Lipinski definition) is 4. The molecule has 1 aliphatic rings. The van der Waals surface area contributed by atoms with Gasteiger partial charge in [-0.2, -0.15) is 0 Å². The molecule has 1 saturated heterocycles. The summed E-state index contributed by atoms with van der Waals surface area (Å²) in [6.45, 7) is 2.38. The van der Waals surface area contributed by atoms with Crippen LogP contribution in [0, 0.1) is 0 Å². The lowest BCUT2D eigenvalue weighted by atomic mass is 10.2. The third-order valence-electron chi connectivity index (χ3n) is 5.30. The van der Waals surface area contributed by atoms with Gasteiger partial charge in [0.15, 0.2) is 11.5 Å². The Bertz CT molecular complexity index is 886. The summed E-state index contributed by atoms with van der Waals surface area (Å²) >= 11 is 5.91. The predicted molar refractivity (Wildman–Crippen MR) is 121 cm³/mol. The first-order valence-electron chi connectivity index (χ1n) is 10.7. The van der Waals surface area contributed by atoms with Crippen molar-refractivity contribution in [2.75, 3.05) is 26.7 Å². The number of ether oxygens (including phenoxy) is 2. The van der Waals surface area contributed by atoms with Crippen LogP contribution in [0.4, 0.5) is 0 Å². The van der Waals surface area contributed by atoms with Gasteiger partial charge in [0.25, 0.3) is 5.91 Å². The summed E-state index contributed by atoms with van der Waals surface area (Å²) in [5.41, 5.74) is 1.48. The van der Waals surface area contributed by atoms with Gasteiger partial charge in [-0.05, 0) is 55.2 Å². The van der Waals surface area contributed by atoms with Gasteiger partial charge >= 0.3 is 0 Å². The fourth-order valence-corrected chi connectivity index (χ4v) is 3.64. The molecule has 0 bridgehead atoms. The highest BCUT2D eigenvalue weighted by molar-refractivity contribution is 6.30. The highest BCUT2D eigenvalue weighted by atomic mass is 35.5. The number of carbonyl (C=O) groups excluding carboxylic acids is 2. The third-order valence-corrected chi connectivity index (χ3v) is 5.55. The molecule has 1 aliphatic heterocycles. The minimum absolute atomic E-state index is 0.176. The molecular formula is C24H29ClN2O4. The van der Waals surface area contributed by atoms with Crippen molar-refractivity contribution in [1.29, 1.82) is 0 Å². The Morgan fingerprint density at radius 1 is 1.10 bits per heavy atom. The molecule has 0 aromatic heterocycles. The second-order valence-electron chi connectivity index (χ2n) is 7.58. The van der Waals surface area contributed by atoms with Gasteiger partial charge in [0.2, 0.25) is 5.91 Å². The molecule has 1 N–H and O–H groups in total. The number of nitrogens with one attached hydrogen (secondary N) is 1. The standard InChI is InChI=1S/C24H29ClN2O4/c1-30-22-16-19(9-12-21(22)31-17-18-7-10-20(25)11-8-18)24(29)26-13-5-15-27-14-4-2-3-6-23(27)28/h7-12,16H,2-6,13-15,17H2,1H3,(H,26,29). The molecule has 0 unspecified atom stereocenters. The zero-order valence-electron chi connectivity index (χ0n) is 17.9. The number of rotatable bonds is 9. The molecule has 0 spiro atoms. The fraction of sp³-hybridized carbons (Fsp3) is 0.417. The van der Waals surface area contributed by atoms with Crippen molar-refractivity contribution in [2.24, 2.45) is 0 Å². The Morgan fingerprint density at radius 2 is 1.90 bits per heavy atom. The van der Waals surface area contributed by atoms with Crippen molar-refractivity contribution in [1.82, 2.24) is 10.2 Å². The monoisotopic (exact) mass is 444 g/mol. The van der Waals surface area contributed by atoms with Crippen molar-refractivity contribution in [3.8, 4) is 11.5 Å². The number of hydrogen-bond donors (Lipinski definition) is 1. The summed E-state index contributed by atoms with van der Waals surface area (Å²) in [5.74, 6) is 1.11. The third kappa shape index (κ3) is 6.89. The van der Waals surface area contributed by atoms with Crippen molar-refractivity contribution in [3.05, 3.63) is 58.6 Å². The van der Waals surface area contributed by atoms with E-state index in [0.717, 1.165) is 37.8 Å². The van der Waals surface area contributed by atoms with Crippen LogP contribution in [0.1, 0.15) is 48.0 Å². The largest absolute Gasteiger partial charge is 0.493 e. The summed E-state index contributed by atoms with van der Waals surface area (Å²) < 4.78 is 11.2. The van der Waals surface area contributed by atoms with Crippen LogP contribution < -0.4 is 14.8 Å². The van der Waals surface area contributed by atoms with E-state index in [2.05, 4.69) is 5.32 Å². The normalized spacial score (nSPS) is 14.1. The predicted octanol–water partition coefficient (Wildman–Crippen LogP) is 4.45. The smallest absolute Gasteiger partial charge is 0.251 e. The van der Waals surface area contributed by atoms with Gasteiger partial charge in [0, 0.05) is 36.6 Å². The molecule has 0 radical (unpaired) electrons. The van der Waals surface area contributed by atoms with E-state index in [9.17, 15) is 9.59 Å². The number of nitrogens with zero attached hydrogens (tertiary/aromatic N) is 1. The van der Waals surface area contributed by atoms with Crippen LogP contribution in [0.3, 0.4) is 0 Å². The minimum Gasteiger partial charge on any atom is -0.493 e. The molecule has 6 nitrogen and oxygen atoms in total. The lowest BCUT2D eigenvalue weighted by Crippen LogP contribution is -2.34. The van der Waals surface area contributed by atoms with E-state index < -0.39 is 0 Å². The van der Waals surface area contributed by atoms with E-state index in [1.165, 1.54) is 0 Å². The Hall–Kier alpha value is -2.73. The highest BCUT2D eigenvalue weighted by Crippen LogP contribution is 2.29. The lowest BCUT2D eigenvalue weighted by Gasteiger charge is -2.20. The molecule has 2 amide bonds. The van der Waals surface area contributed by atoms with Crippen LogP contribution in [0.2, 0.25) is 5.02 Å². The Balaban J connectivity index is 1.49. The number of amides is 2. The van der Waals surface area contributed by atoms with Crippen molar-refractivity contribution in [3.63, 3.8) is 0 Å². The minimum atomic E-state index is -0.176. The molecule has 1 heterocycles. The lowest BCUT2D eigenvalue weighted by molar-refractivity contribution is -0.130. The average molecular weight is 445 g/mol. The summed E-state index contributed by atoms with van der Waals surface area (Å²) in [4.78, 5) is 26.4. The molecule has 0 aliphatic carbocycles. The van der Waals surface area contributed by atoms with E-state index in [-0.39, 0.29) is 11.8 Å². The molecular weight excluding hydrogens is 416 g/mol. The van der Waals surface area contributed by atoms with E-state index in [1.807, 2.05) is 29.2 Å². The summed E-state index contributed by atoms with van der Waals surface area (Å²) in [6, 6.07) is 12.5. The molecule has 0 saturated carbocycles. The molecule has 1 fully saturated rings. The molecule has 2 aromatic carbocycles. The molecule has 0 atom stereocenters. The number of halogens is 1. The maximum atomic E-state index is 12.5. The van der Waals surface area contributed by atoms with Crippen LogP contribution in [0.5, 0.6) is 11.5 Å². The van der Waals surface area contributed by atoms with E-state index in [4.69, 9.17) is 21.1 Å². The van der Waals surface area contributed by atoms with Gasteiger partial charge in [-0.1, -0.05) is 30.2 Å². The second kappa shape index (κ2) is 11.6. The van der Waals surface area contributed by atoms with Crippen LogP contribution in [0.25, 0.3) is 0 Å². The number of likely N-dealkylation sites (tertiary alicyclic amines) is 1. The van der Waals surface area contributed by atoms with Crippen LogP contribution in [-0.2, 0) is 11.4 Å². The fourth-order valence-electron chi connectivity index (χ4n) is 3.52. The zero-order valence-corrected chi connectivity index (χ0v) is 18.6. The van der Waals surface area contributed by atoms with Crippen LogP contribution >= 0.6 is 11.6 Å². The molecule has 166 valence electrons. The Morgan fingerprint density at radius 3 is 2.68 bits per heavy atom. The highest BCUT2D eigenvalue weighted by Gasteiger charge is 2.16. The van der Waals surface area contributed by atoms with E-state index in [1.54, 1.807) is 25.3 Å². The topological polar surface area (TPSA) is 67.9 Å². The van der Waals surface area contributed by atoms with E-state index >= 15 is 0 Å². The average Bonchev–Trinajstić information content (AvgIpc) is 3.00. The summed E-state index contributed by atoms with van der Waals surface area (Å²) in [6.07, 6.45) is 4.52. The van der Waals surface area contributed by atoms with Gasteiger partial charge < -0.3 is 19.7 Å². The van der Waals surface area contributed by atoms with Gasteiger partial charge in [-0.25, -0.2) is 0 Å². The molecule has 3 rings (SSSR count). The van der Waals surface area contributed by atoms with Gasteiger partial charge in [0.05, 0.1) is 7.11 Å². The second-order valence-corrected chi connectivity index (χ2v) is 8.02. The maximum absolute atomic E-state index is 12.5. The summed E-state index contributed by atoms with van der Waals surface area (Å²) in [7, 11) is 1.55. The maximum Gasteiger partial charge on any atom is 0.251 e. The van der Waals surface area contributed by atoms with Gasteiger partial charge in [0.1, 0.15) is 6.61 Å². The molecule has 7 heteroatoms. The molecule has 2 aromatic rings. The number of carbonyl (C=O) groups is 2. The first-order valence-corrected chi connectivity index (χ1v) is 11.1. The van der Waals surface area contributed by atoms with Gasteiger partial charge in [-0.3, -0.25) is 9.59 Å². The summed E-state index contributed by atoms with van der Waals surface area (Å²) in [5, 5.41) is 3.59. The van der Waals surface area contributed by atoms with Gasteiger partial charge in [-0.15, -0.1) is 0 Å². The number of methoxy groups -OCH3 is 1. The SMILES string of the molecule is COc1cc(C(=O)NCCCN2CCCCCC2=O)ccc1OCc1ccc(Cl)cc1. The quantitative estimate of drug-likeness (QED) is 0.580. The first kappa shape index (κ1) is 22.9. The van der Waals surface area contributed by atoms with E-state index in [0.29, 0.717) is 48.2 Å². The first-order chi connectivity index (χ1) is 15.1. The Labute approximate surface area is 188 Å². The van der Waals surface area contributed by atoms with Crippen molar-refractivity contribution >= 4 is 23.4 Å². The van der Waals surface area contributed by atoms with Crippen molar-refractivity contribution < 1.29 is 19.1 Å². The zero-order chi connectivity index (χ0) is 22.1. The number of benzene rings is 2.